The van der Waals surface area contributed by atoms with Gasteiger partial charge in [0.1, 0.15) is 11.5 Å². The van der Waals surface area contributed by atoms with Crippen molar-refractivity contribution in [1.29, 1.82) is 0 Å². The Labute approximate surface area is 191 Å². The van der Waals surface area contributed by atoms with Gasteiger partial charge in [0.25, 0.3) is 5.89 Å². The fraction of sp³-hybridized carbons (Fsp3) is 0.391. The smallest absolute Gasteiger partial charge is 0.257 e. The summed E-state index contributed by atoms with van der Waals surface area (Å²) in [6.45, 7) is 12.4. The second kappa shape index (κ2) is 12.0. The molecule has 0 aliphatic heterocycles. The van der Waals surface area contributed by atoms with Crippen LogP contribution in [0.3, 0.4) is 0 Å². The number of aromatic nitrogens is 2. The van der Waals surface area contributed by atoms with Crippen molar-refractivity contribution in [2.45, 2.75) is 46.6 Å². The summed E-state index contributed by atoms with van der Waals surface area (Å²) in [4.78, 5) is 4.57. The SMILES string of the molecule is C=C(OC(C)C)C(Cl)=CC(=CCC)c1nc(-c2ccc(OCCCBr)cc2C)no1. The highest BCUT2D eigenvalue weighted by atomic mass is 79.9. The summed E-state index contributed by atoms with van der Waals surface area (Å²) in [5, 5.41) is 5.46. The zero-order valence-electron chi connectivity index (χ0n) is 17.9. The number of nitrogens with zero attached hydrogens (tertiary/aromatic N) is 2. The maximum Gasteiger partial charge on any atom is 0.257 e. The van der Waals surface area contributed by atoms with Crippen molar-refractivity contribution in [3.63, 3.8) is 0 Å². The average Bonchev–Trinajstić information content (AvgIpc) is 3.17. The summed E-state index contributed by atoms with van der Waals surface area (Å²) in [6, 6.07) is 5.84. The zero-order valence-corrected chi connectivity index (χ0v) is 20.2. The molecule has 2 aromatic rings. The Hall–Kier alpha value is -2.05. The standard InChI is InChI=1S/C23H28BrClN2O3/c1-6-8-18(14-21(25)17(5)29-15(2)3)23-26-22(27-30-23)20-10-9-19(13-16(20)4)28-12-7-11-24/h8-10,13-15H,5-7,11-12H2,1-4H3. The number of hydrogen-bond donors (Lipinski definition) is 0. The van der Waals surface area contributed by atoms with Gasteiger partial charge in [0.05, 0.1) is 17.7 Å². The van der Waals surface area contributed by atoms with Crippen molar-refractivity contribution in [1.82, 2.24) is 10.1 Å². The van der Waals surface area contributed by atoms with Gasteiger partial charge in [0.15, 0.2) is 0 Å². The highest BCUT2D eigenvalue weighted by Crippen LogP contribution is 2.28. The van der Waals surface area contributed by atoms with Gasteiger partial charge < -0.3 is 14.0 Å². The van der Waals surface area contributed by atoms with Gasteiger partial charge in [-0.05, 0) is 63.5 Å². The third-order valence-corrected chi connectivity index (χ3v) is 4.89. The second-order valence-corrected chi connectivity index (χ2v) is 8.14. The Bertz CT molecular complexity index is 919. The van der Waals surface area contributed by atoms with E-state index in [1.54, 1.807) is 6.08 Å². The molecule has 0 bridgehead atoms. The molecule has 162 valence electrons. The van der Waals surface area contributed by atoms with E-state index in [-0.39, 0.29) is 6.10 Å². The molecule has 0 saturated carbocycles. The van der Waals surface area contributed by atoms with Crippen LogP contribution in [0, 0.1) is 6.92 Å². The van der Waals surface area contributed by atoms with E-state index < -0.39 is 0 Å². The number of allylic oxidation sites excluding steroid dienone is 4. The van der Waals surface area contributed by atoms with Gasteiger partial charge in [-0.2, -0.15) is 4.98 Å². The molecule has 0 saturated heterocycles. The normalized spacial score (nSPS) is 12.4. The Balaban J connectivity index is 2.24. The van der Waals surface area contributed by atoms with Crippen molar-refractivity contribution in [3.8, 4) is 17.1 Å². The van der Waals surface area contributed by atoms with Crippen molar-refractivity contribution in [2.24, 2.45) is 0 Å². The predicted molar refractivity (Wildman–Crippen MR) is 126 cm³/mol. The van der Waals surface area contributed by atoms with E-state index in [0.717, 1.165) is 40.6 Å². The minimum atomic E-state index is -0.0114. The lowest BCUT2D eigenvalue weighted by Gasteiger charge is -2.11. The summed E-state index contributed by atoms with van der Waals surface area (Å²) < 4.78 is 16.8. The highest BCUT2D eigenvalue weighted by molar-refractivity contribution is 9.09. The number of benzene rings is 1. The molecule has 0 atom stereocenters. The van der Waals surface area contributed by atoms with E-state index in [1.807, 2.05) is 52.0 Å². The van der Waals surface area contributed by atoms with E-state index in [9.17, 15) is 0 Å². The molecule has 0 aliphatic carbocycles. The molecule has 0 fully saturated rings. The quantitative estimate of drug-likeness (QED) is 0.144. The first kappa shape index (κ1) is 24.2. The molecule has 2 rings (SSSR count). The maximum atomic E-state index is 6.36. The number of rotatable bonds is 11. The molecule has 30 heavy (non-hydrogen) atoms. The van der Waals surface area contributed by atoms with Gasteiger partial charge in [-0.25, -0.2) is 0 Å². The first-order valence-corrected chi connectivity index (χ1v) is 11.4. The minimum absolute atomic E-state index is 0.0114. The Kier molecular flexibility index (Phi) is 9.66. The Morgan fingerprint density at radius 1 is 1.37 bits per heavy atom. The Morgan fingerprint density at radius 3 is 2.77 bits per heavy atom. The van der Waals surface area contributed by atoms with Gasteiger partial charge in [-0.1, -0.05) is 52.3 Å². The molecule has 1 aromatic heterocycles. The lowest BCUT2D eigenvalue weighted by Crippen LogP contribution is -2.01. The van der Waals surface area contributed by atoms with Crippen LogP contribution in [0.15, 0.2) is 52.2 Å². The van der Waals surface area contributed by atoms with Gasteiger partial charge >= 0.3 is 0 Å². The fourth-order valence-corrected chi connectivity index (χ4v) is 3.05. The van der Waals surface area contributed by atoms with Crippen molar-refractivity contribution in [2.75, 3.05) is 11.9 Å². The molecule has 0 N–H and O–H groups in total. The molecular formula is C23H28BrClN2O3. The molecule has 0 aliphatic rings. The van der Waals surface area contributed by atoms with Crippen LogP contribution in [-0.4, -0.2) is 28.2 Å². The third kappa shape index (κ3) is 7.03. The first-order chi connectivity index (χ1) is 14.3. The van der Waals surface area contributed by atoms with Crippen LogP contribution in [0.25, 0.3) is 17.0 Å². The van der Waals surface area contributed by atoms with Crippen molar-refractivity contribution >= 4 is 33.1 Å². The molecule has 0 radical (unpaired) electrons. The molecule has 0 unspecified atom stereocenters. The van der Waals surface area contributed by atoms with Gasteiger partial charge in [-0.15, -0.1) is 0 Å². The number of alkyl halides is 1. The van der Waals surface area contributed by atoms with Crippen LogP contribution in [-0.2, 0) is 4.74 Å². The number of hydrogen-bond acceptors (Lipinski definition) is 5. The van der Waals surface area contributed by atoms with Crippen LogP contribution in [0.4, 0.5) is 0 Å². The molecule has 0 amide bonds. The topological polar surface area (TPSA) is 57.4 Å². The van der Waals surface area contributed by atoms with Gasteiger partial charge in [-0.3, -0.25) is 0 Å². The van der Waals surface area contributed by atoms with Crippen molar-refractivity contribution in [3.05, 3.63) is 59.2 Å². The largest absolute Gasteiger partial charge is 0.494 e. The zero-order chi connectivity index (χ0) is 22.1. The summed E-state index contributed by atoms with van der Waals surface area (Å²) in [6.07, 6.45) is 5.43. The minimum Gasteiger partial charge on any atom is -0.494 e. The van der Waals surface area contributed by atoms with Gasteiger partial charge in [0.2, 0.25) is 5.82 Å². The lowest BCUT2D eigenvalue weighted by atomic mass is 10.1. The van der Waals surface area contributed by atoms with Crippen LogP contribution in [0.1, 0.15) is 45.1 Å². The lowest BCUT2D eigenvalue weighted by molar-refractivity contribution is 0.158. The number of halogens is 2. The maximum absolute atomic E-state index is 6.36. The molecule has 1 heterocycles. The Morgan fingerprint density at radius 2 is 2.13 bits per heavy atom. The van der Waals surface area contributed by atoms with Crippen LogP contribution < -0.4 is 4.74 Å². The van der Waals surface area contributed by atoms with E-state index in [1.165, 1.54) is 0 Å². The number of aryl methyl sites for hydroxylation is 1. The van der Waals surface area contributed by atoms with E-state index >= 15 is 0 Å². The van der Waals surface area contributed by atoms with Crippen LogP contribution in [0.2, 0.25) is 0 Å². The van der Waals surface area contributed by atoms with Crippen LogP contribution >= 0.6 is 27.5 Å². The predicted octanol–water partition coefficient (Wildman–Crippen LogP) is 7.06. The first-order valence-electron chi connectivity index (χ1n) is 9.92. The van der Waals surface area contributed by atoms with E-state index in [2.05, 4.69) is 32.6 Å². The van der Waals surface area contributed by atoms with Crippen LogP contribution in [0.5, 0.6) is 5.75 Å². The number of ether oxygens (including phenoxy) is 2. The summed E-state index contributed by atoms with van der Waals surface area (Å²) >= 11 is 9.77. The highest BCUT2D eigenvalue weighted by Gasteiger charge is 2.15. The molecule has 1 aromatic carbocycles. The molecular weight excluding hydrogens is 468 g/mol. The average molecular weight is 496 g/mol. The van der Waals surface area contributed by atoms with E-state index in [4.69, 9.17) is 25.6 Å². The summed E-state index contributed by atoms with van der Waals surface area (Å²) in [5.74, 6) is 2.13. The molecule has 0 spiro atoms. The third-order valence-electron chi connectivity index (χ3n) is 4.01. The van der Waals surface area contributed by atoms with Crippen molar-refractivity contribution < 1.29 is 14.0 Å². The monoisotopic (exact) mass is 494 g/mol. The molecule has 7 heteroatoms. The second-order valence-electron chi connectivity index (χ2n) is 6.94. The van der Waals surface area contributed by atoms with E-state index in [0.29, 0.717) is 29.1 Å². The summed E-state index contributed by atoms with van der Waals surface area (Å²) in [5.41, 5.74) is 2.62. The summed E-state index contributed by atoms with van der Waals surface area (Å²) in [7, 11) is 0. The van der Waals surface area contributed by atoms with Gasteiger partial charge in [0, 0.05) is 16.5 Å². The fourth-order valence-electron chi connectivity index (χ4n) is 2.66. The molecule has 5 nitrogen and oxygen atoms in total.